The molecule has 1 fully saturated rings. The summed E-state index contributed by atoms with van der Waals surface area (Å²) in [6.07, 6.45) is 0.345. The second-order valence-corrected chi connectivity index (χ2v) is 8.05. The molecular formula is C22H21N3OS. The molecule has 2 heterocycles. The topological polar surface area (TPSA) is 47.3 Å². The molecule has 2 aromatic rings. The lowest BCUT2D eigenvalue weighted by molar-refractivity contribution is -0.129. The zero-order chi connectivity index (χ0) is 19.0. The number of fused-ring (bicyclic) bond motifs is 1. The van der Waals surface area contributed by atoms with Crippen LogP contribution in [0.15, 0.2) is 59.1 Å². The Morgan fingerprint density at radius 3 is 2.59 bits per heavy atom. The van der Waals surface area contributed by atoms with Gasteiger partial charge in [-0.25, -0.2) is 0 Å². The van der Waals surface area contributed by atoms with Gasteiger partial charge in [0.1, 0.15) is 0 Å². The molecule has 0 radical (unpaired) electrons. The van der Waals surface area contributed by atoms with E-state index in [2.05, 4.69) is 36.1 Å². The van der Waals surface area contributed by atoms with Gasteiger partial charge >= 0.3 is 0 Å². The Morgan fingerprint density at radius 1 is 1.11 bits per heavy atom. The summed E-state index contributed by atoms with van der Waals surface area (Å²) < 4.78 is 0. The Bertz CT molecular complexity index is 958. The van der Waals surface area contributed by atoms with Crippen LogP contribution < -0.4 is 4.90 Å². The summed E-state index contributed by atoms with van der Waals surface area (Å²) in [5, 5.41) is 10.7. The maximum absolute atomic E-state index is 12.9. The van der Waals surface area contributed by atoms with E-state index in [1.54, 1.807) is 16.7 Å². The Balaban J connectivity index is 1.66. The second-order valence-electron chi connectivity index (χ2n) is 7.11. The molecule has 1 saturated heterocycles. The average molecular weight is 375 g/mol. The highest BCUT2D eigenvalue weighted by molar-refractivity contribution is 8.03. The number of amides is 1. The Labute approximate surface area is 164 Å². The van der Waals surface area contributed by atoms with Crippen molar-refractivity contribution >= 4 is 23.4 Å². The smallest absolute Gasteiger partial charge is 0.229 e. The Hall–Kier alpha value is -2.71. The van der Waals surface area contributed by atoms with Crippen molar-refractivity contribution in [3.05, 3.63) is 75.8 Å². The van der Waals surface area contributed by atoms with Crippen LogP contribution in [-0.2, 0) is 4.79 Å². The van der Waals surface area contributed by atoms with Crippen LogP contribution in [0.2, 0.25) is 0 Å². The molecule has 1 atom stereocenters. The van der Waals surface area contributed by atoms with Crippen LogP contribution in [0.5, 0.6) is 0 Å². The predicted octanol–water partition coefficient (Wildman–Crippen LogP) is 4.52. The first kappa shape index (κ1) is 17.7. The van der Waals surface area contributed by atoms with Crippen molar-refractivity contribution < 1.29 is 4.79 Å². The SMILES string of the molecule is Cc1ccc(C2CC(=O)N3CN(c4cccc(C)c4)CSC3=C2C#N)cc1. The predicted molar refractivity (Wildman–Crippen MR) is 109 cm³/mol. The molecule has 5 heteroatoms. The number of hydrogen-bond donors (Lipinski definition) is 0. The van der Waals surface area contributed by atoms with Crippen molar-refractivity contribution in [1.29, 1.82) is 5.26 Å². The van der Waals surface area contributed by atoms with Gasteiger partial charge in [-0.2, -0.15) is 5.26 Å². The van der Waals surface area contributed by atoms with E-state index in [0.717, 1.165) is 22.2 Å². The molecular weight excluding hydrogens is 354 g/mol. The summed E-state index contributed by atoms with van der Waals surface area (Å²) in [5.41, 5.74) is 5.23. The number of rotatable bonds is 2. The Kier molecular flexibility index (Phi) is 4.67. The highest BCUT2D eigenvalue weighted by Crippen LogP contribution is 2.43. The van der Waals surface area contributed by atoms with Gasteiger partial charge in [0, 0.05) is 18.0 Å². The molecule has 27 heavy (non-hydrogen) atoms. The first-order chi connectivity index (χ1) is 13.1. The molecule has 1 amide bonds. The normalized spacial score (nSPS) is 19.7. The zero-order valence-corrected chi connectivity index (χ0v) is 16.3. The minimum atomic E-state index is -0.146. The number of anilines is 1. The van der Waals surface area contributed by atoms with Crippen molar-refractivity contribution in [1.82, 2.24) is 4.90 Å². The van der Waals surface area contributed by atoms with Gasteiger partial charge in [0.15, 0.2) is 0 Å². The highest BCUT2D eigenvalue weighted by atomic mass is 32.2. The van der Waals surface area contributed by atoms with E-state index >= 15 is 0 Å². The van der Waals surface area contributed by atoms with Crippen molar-refractivity contribution in [2.24, 2.45) is 0 Å². The van der Waals surface area contributed by atoms with E-state index in [9.17, 15) is 10.1 Å². The highest BCUT2D eigenvalue weighted by Gasteiger charge is 2.38. The summed E-state index contributed by atoms with van der Waals surface area (Å²) in [7, 11) is 0. The molecule has 1 unspecified atom stereocenters. The van der Waals surface area contributed by atoms with E-state index in [0.29, 0.717) is 18.7 Å². The third-order valence-electron chi connectivity index (χ3n) is 5.14. The van der Waals surface area contributed by atoms with Crippen LogP contribution in [0.25, 0.3) is 0 Å². The van der Waals surface area contributed by atoms with Crippen molar-refractivity contribution in [3.63, 3.8) is 0 Å². The third kappa shape index (κ3) is 3.33. The largest absolute Gasteiger partial charge is 0.344 e. The van der Waals surface area contributed by atoms with E-state index in [1.807, 2.05) is 37.3 Å². The maximum Gasteiger partial charge on any atom is 0.229 e. The molecule has 4 rings (SSSR count). The minimum Gasteiger partial charge on any atom is -0.344 e. The molecule has 4 nitrogen and oxygen atoms in total. The molecule has 2 aliphatic rings. The molecule has 2 aliphatic heterocycles. The van der Waals surface area contributed by atoms with E-state index in [4.69, 9.17) is 0 Å². The third-order valence-corrected chi connectivity index (χ3v) is 6.29. The van der Waals surface area contributed by atoms with Crippen molar-refractivity contribution in [3.8, 4) is 6.07 Å². The number of carbonyl (C=O) groups excluding carboxylic acids is 1. The molecule has 0 saturated carbocycles. The van der Waals surface area contributed by atoms with Gasteiger partial charge in [0.2, 0.25) is 5.91 Å². The second kappa shape index (κ2) is 7.13. The molecule has 136 valence electrons. The van der Waals surface area contributed by atoms with E-state index in [1.165, 1.54) is 11.1 Å². The van der Waals surface area contributed by atoms with Gasteiger partial charge in [-0.05, 0) is 37.1 Å². The summed E-state index contributed by atoms with van der Waals surface area (Å²) in [6.45, 7) is 4.60. The monoisotopic (exact) mass is 375 g/mol. The molecule has 0 bridgehead atoms. The van der Waals surface area contributed by atoms with Crippen LogP contribution in [0.4, 0.5) is 5.69 Å². The molecule has 0 N–H and O–H groups in total. The zero-order valence-electron chi connectivity index (χ0n) is 15.5. The lowest BCUT2D eigenvalue weighted by atomic mass is 9.86. The number of nitriles is 1. The molecule has 0 aliphatic carbocycles. The number of allylic oxidation sites excluding steroid dienone is 1. The van der Waals surface area contributed by atoms with E-state index in [-0.39, 0.29) is 11.8 Å². The van der Waals surface area contributed by atoms with Crippen LogP contribution in [0.1, 0.15) is 29.0 Å². The van der Waals surface area contributed by atoms with Gasteiger partial charge in [-0.1, -0.05) is 53.7 Å². The van der Waals surface area contributed by atoms with Gasteiger partial charge in [-0.15, -0.1) is 0 Å². The average Bonchev–Trinajstić information content (AvgIpc) is 2.68. The van der Waals surface area contributed by atoms with Crippen molar-refractivity contribution in [2.45, 2.75) is 26.2 Å². The quantitative estimate of drug-likeness (QED) is 0.774. The number of benzene rings is 2. The first-order valence-corrected chi connectivity index (χ1v) is 10.0. The number of hydrogen-bond acceptors (Lipinski definition) is 4. The number of aryl methyl sites for hydroxylation is 2. The number of thioether (sulfide) groups is 1. The van der Waals surface area contributed by atoms with Gasteiger partial charge < -0.3 is 4.90 Å². The standard InChI is InChI=1S/C22H21N3OS/c1-15-6-8-17(9-7-15)19-11-21(26)25-13-24(14-27-22(25)20(19)12-23)18-5-3-4-16(2)10-18/h3-10,19H,11,13-14H2,1-2H3. The van der Waals surface area contributed by atoms with Crippen LogP contribution in [0, 0.1) is 25.2 Å². The van der Waals surface area contributed by atoms with Gasteiger partial charge in [0.05, 0.1) is 29.2 Å². The maximum atomic E-state index is 12.9. The summed E-state index contributed by atoms with van der Waals surface area (Å²) >= 11 is 1.58. The minimum absolute atomic E-state index is 0.0828. The number of nitrogens with zero attached hydrogens (tertiary/aromatic N) is 3. The van der Waals surface area contributed by atoms with Crippen LogP contribution >= 0.6 is 11.8 Å². The fraction of sp³-hybridized carbons (Fsp3) is 0.273. The summed E-state index contributed by atoms with van der Waals surface area (Å²) in [6, 6.07) is 18.8. The van der Waals surface area contributed by atoms with Gasteiger partial charge in [0.25, 0.3) is 0 Å². The molecule has 0 spiro atoms. The fourth-order valence-electron chi connectivity index (χ4n) is 3.63. The van der Waals surface area contributed by atoms with Gasteiger partial charge in [-0.3, -0.25) is 9.69 Å². The summed E-state index contributed by atoms with van der Waals surface area (Å²) in [5.74, 6) is 0.667. The number of carbonyl (C=O) groups is 1. The first-order valence-electron chi connectivity index (χ1n) is 9.02. The Morgan fingerprint density at radius 2 is 1.89 bits per heavy atom. The van der Waals surface area contributed by atoms with E-state index < -0.39 is 0 Å². The lowest BCUT2D eigenvalue weighted by Gasteiger charge is -2.42. The summed E-state index contributed by atoms with van der Waals surface area (Å²) in [4.78, 5) is 16.9. The van der Waals surface area contributed by atoms with Crippen LogP contribution in [0.3, 0.4) is 0 Å². The van der Waals surface area contributed by atoms with Crippen LogP contribution in [-0.4, -0.2) is 23.4 Å². The fourth-order valence-corrected chi connectivity index (χ4v) is 4.80. The lowest BCUT2D eigenvalue weighted by Crippen LogP contribution is -2.47. The van der Waals surface area contributed by atoms with Crippen molar-refractivity contribution in [2.75, 3.05) is 17.4 Å². The molecule has 0 aromatic heterocycles. The molecule has 2 aromatic carbocycles.